The van der Waals surface area contributed by atoms with E-state index in [1.807, 2.05) is 0 Å². The molecular formula is C27H27F8NO3S. The van der Waals surface area contributed by atoms with Crippen LogP contribution in [0.15, 0.2) is 47.4 Å². The fourth-order valence-corrected chi connectivity index (χ4v) is 7.47. The third-order valence-corrected chi connectivity index (χ3v) is 9.84. The molecule has 2 aromatic rings. The zero-order valence-corrected chi connectivity index (χ0v) is 22.2. The molecule has 220 valence electrons. The van der Waals surface area contributed by atoms with Crippen LogP contribution in [0.2, 0.25) is 0 Å². The predicted octanol–water partition coefficient (Wildman–Crippen LogP) is 6.75. The van der Waals surface area contributed by atoms with Crippen molar-refractivity contribution in [2.45, 2.75) is 66.1 Å². The molecule has 1 aliphatic carbocycles. The molecule has 4 nitrogen and oxygen atoms in total. The average Bonchev–Trinajstić information content (AvgIpc) is 3.35. The first-order valence-electron chi connectivity index (χ1n) is 12.6. The van der Waals surface area contributed by atoms with E-state index >= 15 is 4.39 Å². The summed E-state index contributed by atoms with van der Waals surface area (Å²) >= 11 is 0. The number of hydrogen-bond acceptors (Lipinski definition) is 3. The van der Waals surface area contributed by atoms with E-state index in [9.17, 15) is 39.7 Å². The summed E-state index contributed by atoms with van der Waals surface area (Å²) in [6.45, 7) is -0.113. The van der Waals surface area contributed by atoms with Gasteiger partial charge in [-0.05, 0) is 55.2 Å². The molecule has 1 saturated carbocycles. The van der Waals surface area contributed by atoms with Crippen molar-refractivity contribution >= 4 is 16.7 Å². The van der Waals surface area contributed by atoms with Gasteiger partial charge in [-0.2, -0.15) is 26.3 Å². The quantitative estimate of drug-likeness (QED) is 0.347. The van der Waals surface area contributed by atoms with Crippen LogP contribution in [0, 0.1) is 17.6 Å². The SMILES string of the molecule is COC(c1ccc([C@]2(S(=O)c3ccc(F)cc3)CCN(C(=O)C3CCCCC3)C2)cc1F)(C(F)(F)F)C(F)(F)F. The number of amides is 1. The normalized spacial score (nSPS) is 22.0. The number of halogens is 8. The van der Waals surface area contributed by atoms with Crippen molar-refractivity contribution in [3.8, 4) is 0 Å². The van der Waals surface area contributed by atoms with Gasteiger partial charge in [0.2, 0.25) is 5.91 Å². The highest BCUT2D eigenvalue weighted by atomic mass is 32.2. The number of nitrogens with zero attached hydrogens (tertiary/aromatic N) is 1. The van der Waals surface area contributed by atoms with E-state index in [1.165, 1.54) is 17.0 Å². The fourth-order valence-electron chi connectivity index (χ4n) is 5.75. The Morgan fingerprint density at radius 1 is 0.950 bits per heavy atom. The van der Waals surface area contributed by atoms with Crippen LogP contribution in [0.25, 0.3) is 0 Å². The lowest BCUT2D eigenvalue weighted by Crippen LogP contribution is -2.55. The molecule has 1 unspecified atom stereocenters. The number of alkyl halides is 6. The number of carbonyl (C=O) groups excluding carboxylic acids is 1. The van der Waals surface area contributed by atoms with Crippen molar-refractivity contribution in [2.24, 2.45) is 5.92 Å². The molecule has 40 heavy (non-hydrogen) atoms. The number of likely N-dealkylation sites (tertiary alicyclic amines) is 1. The molecule has 1 saturated heterocycles. The van der Waals surface area contributed by atoms with Crippen molar-refractivity contribution in [3.63, 3.8) is 0 Å². The van der Waals surface area contributed by atoms with Crippen LogP contribution < -0.4 is 0 Å². The Morgan fingerprint density at radius 2 is 1.55 bits per heavy atom. The summed E-state index contributed by atoms with van der Waals surface area (Å²) < 4.78 is 128. The molecule has 2 aliphatic rings. The maximum atomic E-state index is 15.4. The van der Waals surface area contributed by atoms with E-state index in [0.29, 0.717) is 25.0 Å². The summed E-state index contributed by atoms with van der Waals surface area (Å²) in [7, 11) is -1.91. The largest absolute Gasteiger partial charge is 0.430 e. The number of methoxy groups -OCH3 is 1. The molecule has 2 atom stereocenters. The van der Waals surface area contributed by atoms with Crippen molar-refractivity contribution in [3.05, 3.63) is 65.2 Å². The number of rotatable bonds is 6. The highest BCUT2D eigenvalue weighted by Crippen LogP contribution is 2.54. The lowest BCUT2D eigenvalue weighted by atomic mass is 9.87. The maximum absolute atomic E-state index is 15.4. The first-order valence-corrected chi connectivity index (χ1v) is 13.8. The van der Waals surface area contributed by atoms with E-state index in [2.05, 4.69) is 4.74 Å². The predicted molar refractivity (Wildman–Crippen MR) is 129 cm³/mol. The molecule has 0 bridgehead atoms. The van der Waals surface area contributed by atoms with Gasteiger partial charge < -0.3 is 9.64 Å². The molecule has 1 aliphatic heterocycles. The smallest absolute Gasteiger partial charge is 0.357 e. The van der Waals surface area contributed by atoms with Crippen LogP contribution >= 0.6 is 0 Å². The van der Waals surface area contributed by atoms with Gasteiger partial charge in [0.15, 0.2) is 0 Å². The topological polar surface area (TPSA) is 46.6 Å². The third kappa shape index (κ3) is 5.15. The Bertz CT molecular complexity index is 1240. The van der Waals surface area contributed by atoms with E-state index < -0.39 is 50.7 Å². The molecule has 0 N–H and O–H groups in total. The molecule has 2 fully saturated rings. The molecule has 4 rings (SSSR count). The summed E-state index contributed by atoms with van der Waals surface area (Å²) in [5.74, 6) is -2.94. The summed E-state index contributed by atoms with van der Waals surface area (Å²) in [6.07, 6.45) is -8.08. The van der Waals surface area contributed by atoms with Gasteiger partial charge in [-0.15, -0.1) is 0 Å². The zero-order chi connectivity index (χ0) is 29.5. The van der Waals surface area contributed by atoms with E-state index in [-0.39, 0.29) is 48.9 Å². The molecule has 0 aromatic heterocycles. The molecular weight excluding hydrogens is 570 g/mol. The minimum Gasteiger partial charge on any atom is -0.357 e. The molecule has 1 heterocycles. The van der Waals surface area contributed by atoms with Crippen molar-refractivity contribution in [1.82, 2.24) is 4.90 Å². The monoisotopic (exact) mass is 597 g/mol. The highest BCUT2D eigenvalue weighted by Gasteiger charge is 2.74. The van der Waals surface area contributed by atoms with E-state index in [0.717, 1.165) is 37.5 Å². The third-order valence-electron chi connectivity index (χ3n) is 7.86. The lowest BCUT2D eigenvalue weighted by molar-refractivity contribution is -0.384. The maximum Gasteiger partial charge on any atom is 0.430 e. The second-order valence-corrected chi connectivity index (χ2v) is 11.9. The Kier molecular flexibility index (Phi) is 8.39. The van der Waals surface area contributed by atoms with Crippen LogP contribution in [0.3, 0.4) is 0 Å². The van der Waals surface area contributed by atoms with Gasteiger partial charge in [0.25, 0.3) is 5.60 Å². The zero-order valence-electron chi connectivity index (χ0n) is 21.4. The van der Waals surface area contributed by atoms with Gasteiger partial charge >= 0.3 is 12.4 Å². The summed E-state index contributed by atoms with van der Waals surface area (Å²) in [6, 6.07) is 6.24. The summed E-state index contributed by atoms with van der Waals surface area (Å²) in [4.78, 5) is 14.8. The van der Waals surface area contributed by atoms with E-state index in [4.69, 9.17) is 0 Å². The van der Waals surface area contributed by atoms with E-state index in [1.54, 1.807) is 0 Å². The second kappa shape index (κ2) is 11.0. The Morgan fingerprint density at radius 3 is 2.08 bits per heavy atom. The van der Waals surface area contributed by atoms with Gasteiger partial charge in [0, 0.05) is 36.6 Å². The second-order valence-electron chi connectivity index (χ2n) is 10.1. The summed E-state index contributed by atoms with van der Waals surface area (Å²) in [5, 5.41) is 0. The van der Waals surface area contributed by atoms with Gasteiger partial charge in [-0.25, -0.2) is 8.78 Å². The van der Waals surface area contributed by atoms with Crippen LogP contribution in [0.4, 0.5) is 35.1 Å². The molecule has 2 aromatic carbocycles. The standard InChI is InChI=1S/C27H27F8NO3S/c1-39-25(26(30,31)32,27(33,34)35)21-12-7-18(15-22(21)29)24(40(38)20-10-8-19(28)9-11-20)13-14-36(16-24)23(37)17-5-3-2-4-6-17/h7-12,15,17H,2-6,13-14,16H2,1H3/t24-,40?/m0/s1. The number of carbonyl (C=O) groups is 1. The number of hydrogen-bond donors (Lipinski definition) is 0. The van der Waals surface area contributed by atoms with Crippen LogP contribution in [0.1, 0.15) is 49.7 Å². The van der Waals surface area contributed by atoms with Gasteiger partial charge in [0.05, 0.1) is 15.5 Å². The molecule has 0 spiro atoms. The molecule has 1 amide bonds. The first-order chi connectivity index (χ1) is 18.7. The lowest BCUT2D eigenvalue weighted by Gasteiger charge is -2.37. The van der Waals surface area contributed by atoms with Crippen molar-refractivity contribution < 1.29 is 48.9 Å². The average molecular weight is 598 g/mol. The molecule has 0 radical (unpaired) electrons. The first kappa shape index (κ1) is 30.4. The van der Waals surface area contributed by atoms with Crippen molar-refractivity contribution in [2.75, 3.05) is 20.2 Å². The van der Waals surface area contributed by atoms with Gasteiger partial charge in [-0.3, -0.25) is 9.00 Å². The Labute approximate surface area is 228 Å². The van der Waals surface area contributed by atoms with Crippen LogP contribution in [-0.4, -0.2) is 47.6 Å². The van der Waals surface area contributed by atoms with Crippen LogP contribution in [-0.2, 0) is 30.7 Å². The highest BCUT2D eigenvalue weighted by molar-refractivity contribution is 7.86. The Balaban J connectivity index is 1.81. The minimum atomic E-state index is -6.06. The number of ether oxygens (including phenoxy) is 1. The minimum absolute atomic E-state index is 0.0117. The summed E-state index contributed by atoms with van der Waals surface area (Å²) in [5.41, 5.74) is -6.89. The molecule has 13 heteroatoms. The van der Waals surface area contributed by atoms with Gasteiger partial charge in [0.1, 0.15) is 11.6 Å². The van der Waals surface area contributed by atoms with Crippen LogP contribution in [0.5, 0.6) is 0 Å². The Hall–Kier alpha value is -2.54. The fraction of sp³-hybridized carbons (Fsp3) is 0.519. The van der Waals surface area contributed by atoms with Gasteiger partial charge in [-0.1, -0.05) is 31.4 Å². The number of benzene rings is 2. The van der Waals surface area contributed by atoms with Crippen molar-refractivity contribution in [1.29, 1.82) is 0 Å².